The number of hydrogen-bond acceptors (Lipinski definition) is 3. The zero-order valence-corrected chi connectivity index (χ0v) is 12.5. The van der Waals surface area contributed by atoms with Crippen molar-refractivity contribution in [2.75, 3.05) is 12.3 Å². The third kappa shape index (κ3) is 4.37. The summed E-state index contributed by atoms with van der Waals surface area (Å²) in [5, 5.41) is 2.14. The predicted molar refractivity (Wildman–Crippen MR) is 84.4 cm³/mol. The van der Waals surface area contributed by atoms with Gasteiger partial charge in [0.05, 0.1) is 0 Å². The normalized spacial score (nSPS) is 11.4. The third-order valence-corrected chi connectivity index (χ3v) is 4.17. The van der Waals surface area contributed by atoms with E-state index in [0.717, 1.165) is 25.2 Å². The van der Waals surface area contributed by atoms with Crippen LogP contribution in [0, 0.1) is 0 Å². The minimum Gasteiger partial charge on any atom is -0.399 e. The second-order valence-electron chi connectivity index (χ2n) is 5.14. The number of benzene rings is 1. The van der Waals surface area contributed by atoms with Gasteiger partial charge in [-0.05, 0) is 49.4 Å². The molecule has 102 valence electrons. The first kappa shape index (κ1) is 14.1. The SMILES string of the molecule is CC(C)N(CCc1cccc(N)c1)Cc1cccs1. The number of hydrogen-bond donors (Lipinski definition) is 1. The first-order valence-corrected chi connectivity index (χ1v) is 7.64. The molecule has 0 saturated heterocycles. The van der Waals surface area contributed by atoms with Crippen LogP contribution in [-0.2, 0) is 13.0 Å². The molecule has 0 amide bonds. The number of nitrogen functional groups attached to an aromatic ring is 1. The Morgan fingerprint density at radius 2 is 2.05 bits per heavy atom. The van der Waals surface area contributed by atoms with E-state index in [9.17, 15) is 0 Å². The van der Waals surface area contributed by atoms with Gasteiger partial charge in [0.15, 0.2) is 0 Å². The van der Waals surface area contributed by atoms with Crippen molar-refractivity contribution in [1.29, 1.82) is 0 Å². The molecule has 0 aliphatic rings. The van der Waals surface area contributed by atoms with Crippen LogP contribution < -0.4 is 5.73 Å². The van der Waals surface area contributed by atoms with Gasteiger partial charge in [0.25, 0.3) is 0 Å². The second kappa shape index (κ2) is 6.73. The Bertz CT molecular complexity index is 491. The molecular weight excluding hydrogens is 252 g/mol. The first-order chi connectivity index (χ1) is 9.15. The monoisotopic (exact) mass is 274 g/mol. The molecule has 0 bridgehead atoms. The summed E-state index contributed by atoms with van der Waals surface area (Å²) >= 11 is 1.83. The lowest BCUT2D eigenvalue weighted by atomic mass is 10.1. The van der Waals surface area contributed by atoms with E-state index >= 15 is 0 Å². The molecule has 0 unspecified atom stereocenters. The first-order valence-electron chi connectivity index (χ1n) is 6.76. The summed E-state index contributed by atoms with van der Waals surface area (Å²) in [7, 11) is 0. The van der Waals surface area contributed by atoms with E-state index in [1.165, 1.54) is 10.4 Å². The Morgan fingerprint density at radius 3 is 2.68 bits per heavy atom. The third-order valence-electron chi connectivity index (χ3n) is 3.31. The summed E-state index contributed by atoms with van der Waals surface area (Å²) in [6.45, 7) is 6.62. The number of thiophene rings is 1. The highest BCUT2D eigenvalue weighted by Gasteiger charge is 2.10. The number of nitrogens with two attached hydrogens (primary N) is 1. The zero-order chi connectivity index (χ0) is 13.7. The van der Waals surface area contributed by atoms with Crippen molar-refractivity contribution in [3.8, 4) is 0 Å². The average Bonchev–Trinajstić information content (AvgIpc) is 2.87. The molecule has 1 aromatic heterocycles. The summed E-state index contributed by atoms with van der Waals surface area (Å²) in [6, 6.07) is 13.1. The van der Waals surface area contributed by atoms with Gasteiger partial charge in [0.2, 0.25) is 0 Å². The van der Waals surface area contributed by atoms with Gasteiger partial charge in [0.1, 0.15) is 0 Å². The molecule has 0 spiro atoms. The lowest BCUT2D eigenvalue weighted by molar-refractivity contribution is 0.217. The molecule has 2 aromatic rings. The minimum absolute atomic E-state index is 0.558. The largest absolute Gasteiger partial charge is 0.399 e. The van der Waals surface area contributed by atoms with Gasteiger partial charge in [-0.15, -0.1) is 11.3 Å². The molecule has 0 atom stereocenters. The molecule has 0 fully saturated rings. The van der Waals surface area contributed by atoms with Crippen molar-refractivity contribution in [2.24, 2.45) is 0 Å². The van der Waals surface area contributed by atoms with E-state index < -0.39 is 0 Å². The van der Waals surface area contributed by atoms with E-state index in [1.54, 1.807) is 0 Å². The molecule has 0 aliphatic heterocycles. The molecule has 19 heavy (non-hydrogen) atoms. The van der Waals surface area contributed by atoms with Crippen molar-refractivity contribution in [3.05, 3.63) is 52.2 Å². The van der Waals surface area contributed by atoms with Crippen LogP contribution in [0.2, 0.25) is 0 Å². The molecule has 1 heterocycles. The van der Waals surface area contributed by atoms with Crippen LogP contribution in [0.5, 0.6) is 0 Å². The molecule has 3 heteroatoms. The standard InChI is InChI=1S/C16H22N2S/c1-13(2)18(12-16-7-4-10-19-16)9-8-14-5-3-6-15(17)11-14/h3-7,10-11,13H,8-9,12,17H2,1-2H3. The van der Waals surface area contributed by atoms with Crippen LogP contribution in [-0.4, -0.2) is 17.5 Å². The number of anilines is 1. The van der Waals surface area contributed by atoms with Crippen molar-refractivity contribution >= 4 is 17.0 Å². The van der Waals surface area contributed by atoms with Gasteiger partial charge in [-0.2, -0.15) is 0 Å². The fraction of sp³-hybridized carbons (Fsp3) is 0.375. The zero-order valence-electron chi connectivity index (χ0n) is 11.7. The molecular formula is C16H22N2S. The van der Waals surface area contributed by atoms with E-state index in [4.69, 9.17) is 5.73 Å². The molecule has 0 radical (unpaired) electrons. The fourth-order valence-electron chi connectivity index (χ4n) is 2.14. The van der Waals surface area contributed by atoms with E-state index in [-0.39, 0.29) is 0 Å². The molecule has 2 N–H and O–H groups in total. The van der Waals surface area contributed by atoms with Crippen molar-refractivity contribution < 1.29 is 0 Å². The van der Waals surface area contributed by atoms with Crippen molar-refractivity contribution in [3.63, 3.8) is 0 Å². The molecule has 1 aromatic carbocycles. The molecule has 2 nitrogen and oxygen atoms in total. The summed E-state index contributed by atoms with van der Waals surface area (Å²) in [4.78, 5) is 3.94. The Labute approximate surface area is 119 Å². The predicted octanol–water partition coefficient (Wildman–Crippen LogP) is 3.78. The van der Waals surface area contributed by atoms with Crippen LogP contribution >= 0.6 is 11.3 Å². The van der Waals surface area contributed by atoms with Gasteiger partial charge < -0.3 is 5.73 Å². The highest BCUT2D eigenvalue weighted by atomic mass is 32.1. The highest BCUT2D eigenvalue weighted by molar-refractivity contribution is 7.09. The molecule has 0 aliphatic carbocycles. The summed E-state index contributed by atoms with van der Waals surface area (Å²) < 4.78 is 0. The van der Waals surface area contributed by atoms with Gasteiger partial charge in [0, 0.05) is 29.7 Å². The molecule has 2 rings (SSSR count). The van der Waals surface area contributed by atoms with Gasteiger partial charge >= 0.3 is 0 Å². The summed E-state index contributed by atoms with van der Waals surface area (Å²) in [6.07, 6.45) is 1.05. The summed E-state index contributed by atoms with van der Waals surface area (Å²) in [5.74, 6) is 0. The smallest absolute Gasteiger partial charge is 0.0330 e. The van der Waals surface area contributed by atoms with Gasteiger partial charge in [-0.25, -0.2) is 0 Å². The lowest BCUT2D eigenvalue weighted by Gasteiger charge is -2.26. The summed E-state index contributed by atoms with van der Waals surface area (Å²) in [5.41, 5.74) is 7.99. The van der Waals surface area contributed by atoms with E-state index in [0.29, 0.717) is 6.04 Å². The van der Waals surface area contributed by atoms with E-state index in [1.807, 2.05) is 23.5 Å². The maximum absolute atomic E-state index is 5.82. The lowest BCUT2D eigenvalue weighted by Crippen LogP contribution is -2.32. The number of rotatable bonds is 6. The average molecular weight is 274 g/mol. The Kier molecular flexibility index (Phi) is 5.00. The highest BCUT2D eigenvalue weighted by Crippen LogP contribution is 2.15. The number of nitrogens with zero attached hydrogens (tertiary/aromatic N) is 1. The van der Waals surface area contributed by atoms with E-state index in [2.05, 4.69) is 48.4 Å². The van der Waals surface area contributed by atoms with Crippen LogP contribution in [0.4, 0.5) is 5.69 Å². The molecule has 0 saturated carbocycles. The second-order valence-corrected chi connectivity index (χ2v) is 6.17. The Balaban J connectivity index is 1.94. The van der Waals surface area contributed by atoms with Gasteiger partial charge in [-0.1, -0.05) is 18.2 Å². The van der Waals surface area contributed by atoms with Crippen LogP contribution in [0.3, 0.4) is 0 Å². The van der Waals surface area contributed by atoms with Gasteiger partial charge in [-0.3, -0.25) is 4.90 Å². The van der Waals surface area contributed by atoms with Crippen molar-refractivity contribution in [1.82, 2.24) is 4.90 Å². The van der Waals surface area contributed by atoms with Crippen LogP contribution in [0.15, 0.2) is 41.8 Å². The maximum Gasteiger partial charge on any atom is 0.0330 e. The fourth-order valence-corrected chi connectivity index (χ4v) is 2.87. The van der Waals surface area contributed by atoms with Crippen molar-refractivity contribution in [2.45, 2.75) is 32.9 Å². The van der Waals surface area contributed by atoms with Crippen LogP contribution in [0.1, 0.15) is 24.3 Å². The quantitative estimate of drug-likeness (QED) is 0.812. The maximum atomic E-state index is 5.82. The Morgan fingerprint density at radius 1 is 1.21 bits per heavy atom. The van der Waals surface area contributed by atoms with Crippen LogP contribution in [0.25, 0.3) is 0 Å². The Hall–Kier alpha value is -1.32. The minimum atomic E-state index is 0.558. The topological polar surface area (TPSA) is 29.3 Å².